The maximum absolute atomic E-state index is 12.5. The van der Waals surface area contributed by atoms with E-state index in [1.165, 1.54) is 11.8 Å². The summed E-state index contributed by atoms with van der Waals surface area (Å²) in [5, 5.41) is 0.477. The standard InChI is InChI=1S/C22H19N3O4/c1-14(26)25-11-10-15-6-2-3-7-16(15)19(25)12-21(27)29-13-20-23-18-9-5-4-8-17(18)22(28)24-20/h2-11,19H,12-13H2,1H3,(H,23,24,28)/t19-/m0/s1. The normalized spacial score (nSPS) is 15.2. The van der Waals surface area contributed by atoms with E-state index in [-0.39, 0.29) is 30.3 Å². The topological polar surface area (TPSA) is 92.4 Å². The van der Waals surface area contributed by atoms with Crippen molar-refractivity contribution in [2.75, 3.05) is 0 Å². The number of aromatic amines is 1. The zero-order valence-corrected chi connectivity index (χ0v) is 15.8. The Bertz CT molecular complexity index is 1180. The molecule has 1 aliphatic rings. The minimum absolute atomic E-state index is 0.00124. The number of benzene rings is 2. The molecule has 3 aromatic rings. The van der Waals surface area contributed by atoms with Gasteiger partial charge in [-0.1, -0.05) is 36.4 Å². The van der Waals surface area contributed by atoms with Crippen LogP contribution in [0, 0.1) is 0 Å². The van der Waals surface area contributed by atoms with Crippen LogP contribution in [0.2, 0.25) is 0 Å². The summed E-state index contributed by atoms with van der Waals surface area (Å²) in [7, 11) is 0. The molecule has 0 fully saturated rings. The Hall–Kier alpha value is -3.74. The number of aromatic nitrogens is 2. The van der Waals surface area contributed by atoms with Gasteiger partial charge in [0.1, 0.15) is 12.4 Å². The minimum Gasteiger partial charge on any atom is -0.457 e. The zero-order chi connectivity index (χ0) is 20.4. The summed E-state index contributed by atoms with van der Waals surface area (Å²) >= 11 is 0. The van der Waals surface area contributed by atoms with E-state index in [9.17, 15) is 14.4 Å². The van der Waals surface area contributed by atoms with Crippen molar-refractivity contribution >= 4 is 28.9 Å². The third-order valence-corrected chi connectivity index (χ3v) is 4.86. The van der Waals surface area contributed by atoms with Gasteiger partial charge in [0, 0.05) is 13.1 Å². The molecule has 0 bridgehead atoms. The average molecular weight is 389 g/mol. The first-order valence-corrected chi connectivity index (χ1v) is 9.22. The maximum Gasteiger partial charge on any atom is 0.308 e. The molecular weight excluding hydrogens is 370 g/mol. The number of hydrogen-bond donors (Lipinski definition) is 1. The number of hydrogen-bond acceptors (Lipinski definition) is 5. The molecular formula is C22H19N3O4. The molecule has 7 heteroatoms. The van der Waals surface area contributed by atoms with Crippen LogP contribution in [0.25, 0.3) is 17.0 Å². The molecule has 2 heterocycles. The lowest BCUT2D eigenvalue weighted by atomic mass is 9.94. The molecule has 1 N–H and O–H groups in total. The molecule has 0 spiro atoms. The first-order chi connectivity index (χ1) is 14.0. The molecule has 4 rings (SSSR count). The van der Waals surface area contributed by atoms with Gasteiger partial charge in [0.25, 0.3) is 5.56 Å². The van der Waals surface area contributed by atoms with Crippen LogP contribution in [0.15, 0.2) is 59.5 Å². The van der Waals surface area contributed by atoms with Gasteiger partial charge in [0.05, 0.1) is 23.4 Å². The third-order valence-electron chi connectivity index (χ3n) is 4.86. The number of fused-ring (bicyclic) bond motifs is 2. The van der Waals surface area contributed by atoms with Crippen LogP contribution < -0.4 is 5.56 Å². The Kier molecular flexibility index (Phi) is 4.95. The quantitative estimate of drug-likeness (QED) is 0.693. The van der Waals surface area contributed by atoms with E-state index in [1.807, 2.05) is 30.3 Å². The van der Waals surface area contributed by atoms with E-state index in [0.29, 0.717) is 10.9 Å². The fourth-order valence-electron chi connectivity index (χ4n) is 3.48. The van der Waals surface area contributed by atoms with Gasteiger partial charge < -0.3 is 14.6 Å². The highest BCUT2D eigenvalue weighted by Crippen LogP contribution is 2.33. The summed E-state index contributed by atoms with van der Waals surface area (Å²) in [4.78, 5) is 45.1. The smallest absolute Gasteiger partial charge is 0.308 e. The fourth-order valence-corrected chi connectivity index (χ4v) is 3.48. The Morgan fingerprint density at radius 2 is 1.90 bits per heavy atom. The minimum atomic E-state index is -0.484. The molecule has 1 aliphatic heterocycles. The predicted octanol–water partition coefficient (Wildman–Crippen LogP) is 2.93. The molecule has 1 aromatic heterocycles. The van der Waals surface area contributed by atoms with Crippen LogP contribution in [0.3, 0.4) is 0 Å². The van der Waals surface area contributed by atoms with Crippen molar-refractivity contribution in [1.82, 2.24) is 14.9 Å². The van der Waals surface area contributed by atoms with Crippen molar-refractivity contribution in [2.45, 2.75) is 26.0 Å². The number of carbonyl (C=O) groups excluding carboxylic acids is 2. The highest BCUT2D eigenvalue weighted by atomic mass is 16.5. The molecule has 0 saturated carbocycles. The number of nitrogens with one attached hydrogen (secondary N) is 1. The second kappa shape index (κ2) is 7.71. The molecule has 7 nitrogen and oxygen atoms in total. The second-order valence-electron chi connectivity index (χ2n) is 6.78. The van der Waals surface area contributed by atoms with Crippen LogP contribution in [0.5, 0.6) is 0 Å². The molecule has 29 heavy (non-hydrogen) atoms. The molecule has 0 saturated heterocycles. The average Bonchev–Trinajstić information content (AvgIpc) is 2.72. The Balaban J connectivity index is 1.50. The van der Waals surface area contributed by atoms with Gasteiger partial charge in [-0.2, -0.15) is 0 Å². The first kappa shape index (κ1) is 18.6. The van der Waals surface area contributed by atoms with Crippen molar-refractivity contribution in [3.63, 3.8) is 0 Å². The molecule has 0 radical (unpaired) electrons. The number of H-pyrrole nitrogens is 1. The highest BCUT2D eigenvalue weighted by molar-refractivity contribution is 5.80. The van der Waals surface area contributed by atoms with E-state index in [4.69, 9.17) is 4.74 Å². The third kappa shape index (κ3) is 3.80. The van der Waals surface area contributed by atoms with Crippen LogP contribution in [-0.4, -0.2) is 26.7 Å². The summed E-state index contributed by atoms with van der Waals surface area (Å²) in [5.74, 6) is -0.370. The molecule has 0 aliphatic carbocycles. The maximum atomic E-state index is 12.5. The van der Waals surface area contributed by atoms with Crippen LogP contribution in [0.1, 0.15) is 36.3 Å². The summed E-state index contributed by atoms with van der Waals surface area (Å²) in [6, 6.07) is 14.1. The summed E-state index contributed by atoms with van der Waals surface area (Å²) in [6.07, 6.45) is 3.53. The lowest BCUT2D eigenvalue weighted by molar-refractivity contribution is -0.147. The number of ether oxygens (including phenoxy) is 1. The summed E-state index contributed by atoms with van der Waals surface area (Å²) < 4.78 is 5.34. The molecule has 1 amide bonds. The Labute approximate surface area is 166 Å². The van der Waals surface area contributed by atoms with Crippen molar-refractivity contribution in [1.29, 1.82) is 0 Å². The van der Waals surface area contributed by atoms with Crippen LogP contribution in [-0.2, 0) is 20.9 Å². The Morgan fingerprint density at radius 3 is 2.72 bits per heavy atom. The van der Waals surface area contributed by atoms with E-state index in [1.54, 1.807) is 30.5 Å². The predicted molar refractivity (Wildman–Crippen MR) is 108 cm³/mol. The van der Waals surface area contributed by atoms with Gasteiger partial charge in [-0.3, -0.25) is 14.4 Å². The SMILES string of the molecule is CC(=O)N1C=Cc2ccccc2[C@@H]1CC(=O)OCc1nc2ccccc2c(=O)[nH]1. The van der Waals surface area contributed by atoms with Crippen molar-refractivity contribution in [2.24, 2.45) is 0 Å². The van der Waals surface area contributed by atoms with Gasteiger partial charge >= 0.3 is 5.97 Å². The fraction of sp³-hybridized carbons (Fsp3) is 0.182. The number of amides is 1. The summed E-state index contributed by atoms with van der Waals surface area (Å²) in [5.41, 5.74) is 2.11. The van der Waals surface area contributed by atoms with Crippen LogP contribution in [0.4, 0.5) is 0 Å². The lowest BCUT2D eigenvalue weighted by Crippen LogP contribution is -2.32. The van der Waals surface area contributed by atoms with Gasteiger partial charge in [-0.05, 0) is 29.3 Å². The largest absolute Gasteiger partial charge is 0.457 e. The Morgan fingerprint density at radius 1 is 1.14 bits per heavy atom. The van der Waals surface area contributed by atoms with E-state index in [0.717, 1.165) is 11.1 Å². The number of nitrogens with zero attached hydrogens (tertiary/aromatic N) is 2. The molecule has 2 aromatic carbocycles. The zero-order valence-electron chi connectivity index (χ0n) is 15.8. The van der Waals surface area contributed by atoms with Gasteiger partial charge in [-0.25, -0.2) is 4.98 Å². The van der Waals surface area contributed by atoms with Gasteiger partial charge in [0.2, 0.25) is 5.91 Å². The van der Waals surface area contributed by atoms with Crippen molar-refractivity contribution < 1.29 is 14.3 Å². The molecule has 146 valence electrons. The van der Waals surface area contributed by atoms with Crippen LogP contribution >= 0.6 is 0 Å². The van der Waals surface area contributed by atoms with Gasteiger partial charge in [0.15, 0.2) is 0 Å². The molecule has 1 atom stereocenters. The summed E-state index contributed by atoms with van der Waals surface area (Å²) in [6.45, 7) is 1.31. The van der Waals surface area contributed by atoms with Gasteiger partial charge in [-0.15, -0.1) is 0 Å². The van der Waals surface area contributed by atoms with Crippen molar-refractivity contribution in [3.8, 4) is 0 Å². The number of esters is 1. The molecule has 0 unspecified atom stereocenters. The number of para-hydroxylation sites is 1. The number of rotatable bonds is 4. The van der Waals surface area contributed by atoms with E-state index >= 15 is 0 Å². The monoisotopic (exact) mass is 389 g/mol. The van der Waals surface area contributed by atoms with Crippen molar-refractivity contribution in [3.05, 3.63) is 82.0 Å². The van der Waals surface area contributed by atoms with E-state index in [2.05, 4.69) is 9.97 Å². The first-order valence-electron chi connectivity index (χ1n) is 9.22. The second-order valence-corrected chi connectivity index (χ2v) is 6.78. The number of carbonyl (C=O) groups is 2. The lowest BCUT2D eigenvalue weighted by Gasteiger charge is -2.32. The van der Waals surface area contributed by atoms with E-state index < -0.39 is 12.0 Å². The highest BCUT2D eigenvalue weighted by Gasteiger charge is 2.28.